The Morgan fingerprint density at radius 1 is 1.53 bits per heavy atom. The molecule has 0 saturated carbocycles. The number of benzene rings is 1. The molecule has 0 heterocycles. The first-order valence-corrected chi connectivity index (χ1v) is 5.00. The van der Waals surface area contributed by atoms with Gasteiger partial charge in [-0.3, -0.25) is 4.79 Å². The fourth-order valence-electron chi connectivity index (χ4n) is 1.55. The van der Waals surface area contributed by atoms with Crippen LogP contribution in [0.3, 0.4) is 0 Å². The molecule has 2 N–H and O–H groups in total. The third-order valence-electron chi connectivity index (χ3n) is 2.38. The molecule has 0 fully saturated rings. The molecule has 0 amide bonds. The van der Waals surface area contributed by atoms with E-state index in [-0.39, 0.29) is 11.9 Å². The molecular weight excluding hydrogens is 190 g/mol. The first-order valence-electron chi connectivity index (χ1n) is 5.00. The molecular formula is C12H17NO2. The SMILES string of the molecule is COC(=O)C(CN)Cc1cccc(C)c1. The zero-order valence-corrected chi connectivity index (χ0v) is 9.19. The van der Waals surface area contributed by atoms with Crippen molar-refractivity contribution in [1.82, 2.24) is 0 Å². The smallest absolute Gasteiger partial charge is 0.310 e. The van der Waals surface area contributed by atoms with Crippen LogP contribution < -0.4 is 5.73 Å². The Morgan fingerprint density at radius 2 is 2.27 bits per heavy atom. The first-order chi connectivity index (χ1) is 7.17. The summed E-state index contributed by atoms with van der Waals surface area (Å²) >= 11 is 0. The van der Waals surface area contributed by atoms with Crippen molar-refractivity contribution in [2.24, 2.45) is 11.7 Å². The Morgan fingerprint density at radius 3 is 2.80 bits per heavy atom. The molecule has 1 unspecified atom stereocenters. The van der Waals surface area contributed by atoms with Crippen molar-refractivity contribution < 1.29 is 9.53 Å². The van der Waals surface area contributed by atoms with Crippen LogP contribution in [0.4, 0.5) is 0 Å². The zero-order valence-electron chi connectivity index (χ0n) is 9.19. The standard InChI is InChI=1S/C12H17NO2/c1-9-4-3-5-10(6-9)7-11(8-13)12(14)15-2/h3-6,11H,7-8,13H2,1-2H3. The summed E-state index contributed by atoms with van der Waals surface area (Å²) in [5.41, 5.74) is 7.84. The van der Waals surface area contributed by atoms with Gasteiger partial charge in [0.05, 0.1) is 13.0 Å². The van der Waals surface area contributed by atoms with E-state index in [1.54, 1.807) is 0 Å². The lowest BCUT2D eigenvalue weighted by atomic mass is 9.98. The molecule has 1 aromatic carbocycles. The average molecular weight is 207 g/mol. The number of nitrogens with two attached hydrogens (primary N) is 1. The summed E-state index contributed by atoms with van der Waals surface area (Å²) < 4.78 is 4.69. The molecule has 0 aromatic heterocycles. The van der Waals surface area contributed by atoms with E-state index in [1.807, 2.05) is 25.1 Å². The zero-order chi connectivity index (χ0) is 11.3. The van der Waals surface area contributed by atoms with Crippen molar-refractivity contribution >= 4 is 5.97 Å². The Bertz CT molecular complexity index is 336. The summed E-state index contributed by atoms with van der Waals surface area (Å²) in [5.74, 6) is -0.476. The number of rotatable bonds is 4. The monoisotopic (exact) mass is 207 g/mol. The Balaban J connectivity index is 2.70. The molecule has 0 aliphatic carbocycles. The van der Waals surface area contributed by atoms with E-state index in [1.165, 1.54) is 12.7 Å². The normalized spacial score (nSPS) is 12.2. The quantitative estimate of drug-likeness (QED) is 0.757. The van der Waals surface area contributed by atoms with Gasteiger partial charge in [0.1, 0.15) is 0 Å². The summed E-state index contributed by atoms with van der Waals surface area (Å²) in [6.07, 6.45) is 0.644. The highest BCUT2D eigenvalue weighted by Gasteiger charge is 2.17. The number of methoxy groups -OCH3 is 1. The van der Waals surface area contributed by atoms with Crippen LogP contribution in [0.2, 0.25) is 0 Å². The number of esters is 1. The van der Waals surface area contributed by atoms with Crippen molar-refractivity contribution in [2.75, 3.05) is 13.7 Å². The van der Waals surface area contributed by atoms with Gasteiger partial charge in [0.15, 0.2) is 0 Å². The second-order valence-electron chi connectivity index (χ2n) is 3.65. The van der Waals surface area contributed by atoms with Gasteiger partial charge in [-0.05, 0) is 18.9 Å². The predicted octanol–water partition coefficient (Wildman–Crippen LogP) is 1.29. The minimum absolute atomic E-state index is 0.237. The lowest BCUT2D eigenvalue weighted by molar-refractivity contribution is -0.145. The molecule has 1 aromatic rings. The predicted molar refractivity (Wildman–Crippen MR) is 59.4 cm³/mol. The van der Waals surface area contributed by atoms with E-state index in [0.717, 1.165) is 5.56 Å². The summed E-state index contributed by atoms with van der Waals surface area (Å²) in [6, 6.07) is 8.07. The average Bonchev–Trinajstić information content (AvgIpc) is 2.25. The van der Waals surface area contributed by atoms with Gasteiger partial charge < -0.3 is 10.5 Å². The van der Waals surface area contributed by atoms with Crippen LogP contribution >= 0.6 is 0 Å². The van der Waals surface area contributed by atoms with Gasteiger partial charge in [0.25, 0.3) is 0 Å². The third kappa shape index (κ3) is 3.36. The number of hydrogen-bond acceptors (Lipinski definition) is 3. The highest BCUT2D eigenvalue weighted by Crippen LogP contribution is 2.11. The molecule has 0 aliphatic heterocycles. The van der Waals surface area contributed by atoms with Crippen LogP contribution in [0.25, 0.3) is 0 Å². The maximum Gasteiger partial charge on any atom is 0.310 e. The van der Waals surface area contributed by atoms with E-state index in [0.29, 0.717) is 13.0 Å². The van der Waals surface area contributed by atoms with Crippen molar-refractivity contribution in [1.29, 1.82) is 0 Å². The van der Waals surface area contributed by atoms with Crippen molar-refractivity contribution in [3.8, 4) is 0 Å². The molecule has 0 aliphatic rings. The molecule has 3 nitrogen and oxygen atoms in total. The molecule has 0 saturated heterocycles. The minimum Gasteiger partial charge on any atom is -0.469 e. The van der Waals surface area contributed by atoms with Crippen LogP contribution in [0.15, 0.2) is 24.3 Å². The topological polar surface area (TPSA) is 52.3 Å². The highest BCUT2D eigenvalue weighted by molar-refractivity contribution is 5.72. The van der Waals surface area contributed by atoms with Crippen molar-refractivity contribution in [3.63, 3.8) is 0 Å². The number of aryl methyl sites for hydroxylation is 1. The lowest BCUT2D eigenvalue weighted by Crippen LogP contribution is -2.26. The Hall–Kier alpha value is -1.35. The minimum atomic E-state index is -0.239. The molecule has 3 heteroatoms. The van der Waals surface area contributed by atoms with E-state index in [2.05, 4.69) is 10.8 Å². The molecule has 0 radical (unpaired) electrons. The number of ether oxygens (including phenoxy) is 1. The summed E-state index contributed by atoms with van der Waals surface area (Å²) in [7, 11) is 1.39. The van der Waals surface area contributed by atoms with E-state index in [4.69, 9.17) is 5.73 Å². The van der Waals surface area contributed by atoms with Gasteiger partial charge in [0.2, 0.25) is 0 Å². The van der Waals surface area contributed by atoms with Gasteiger partial charge in [-0.15, -0.1) is 0 Å². The van der Waals surface area contributed by atoms with Crippen molar-refractivity contribution in [3.05, 3.63) is 35.4 Å². The van der Waals surface area contributed by atoms with Crippen LogP contribution in [0.5, 0.6) is 0 Å². The van der Waals surface area contributed by atoms with Crippen LogP contribution in [-0.4, -0.2) is 19.6 Å². The number of hydrogen-bond donors (Lipinski definition) is 1. The van der Waals surface area contributed by atoms with E-state index in [9.17, 15) is 4.79 Å². The number of carbonyl (C=O) groups is 1. The van der Waals surface area contributed by atoms with Crippen LogP contribution in [-0.2, 0) is 16.0 Å². The van der Waals surface area contributed by atoms with Gasteiger partial charge >= 0.3 is 5.97 Å². The molecule has 1 rings (SSSR count). The highest BCUT2D eigenvalue weighted by atomic mass is 16.5. The van der Waals surface area contributed by atoms with E-state index >= 15 is 0 Å². The molecule has 0 spiro atoms. The van der Waals surface area contributed by atoms with Gasteiger partial charge in [-0.1, -0.05) is 29.8 Å². The molecule has 1 atom stereocenters. The molecule has 15 heavy (non-hydrogen) atoms. The van der Waals surface area contributed by atoms with Crippen LogP contribution in [0.1, 0.15) is 11.1 Å². The summed E-state index contributed by atoms with van der Waals surface area (Å²) in [4.78, 5) is 11.3. The summed E-state index contributed by atoms with van der Waals surface area (Å²) in [6.45, 7) is 2.35. The Kier molecular flexibility index (Phi) is 4.31. The van der Waals surface area contributed by atoms with Gasteiger partial charge in [-0.25, -0.2) is 0 Å². The second-order valence-corrected chi connectivity index (χ2v) is 3.65. The summed E-state index contributed by atoms with van der Waals surface area (Å²) in [5, 5.41) is 0. The maximum absolute atomic E-state index is 11.3. The maximum atomic E-state index is 11.3. The van der Waals surface area contributed by atoms with E-state index < -0.39 is 0 Å². The number of carbonyl (C=O) groups excluding carboxylic acids is 1. The van der Waals surface area contributed by atoms with Crippen LogP contribution in [0, 0.1) is 12.8 Å². The Labute approximate surface area is 90.2 Å². The fourth-order valence-corrected chi connectivity index (χ4v) is 1.55. The third-order valence-corrected chi connectivity index (χ3v) is 2.38. The lowest BCUT2D eigenvalue weighted by Gasteiger charge is -2.12. The molecule has 82 valence electrons. The van der Waals surface area contributed by atoms with Crippen molar-refractivity contribution in [2.45, 2.75) is 13.3 Å². The second kappa shape index (κ2) is 5.51. The van der Waals surface area contributed by atoms with Gasteiger partial charge in [-0.2, -0.15) is 0 Å². The molecule has 0 bridgehead atoms. The van der Waals surface area contributed by atoms with Gasteiger partial charge in [0, 0.05) is 6.54 Å². The largest absolute Gasteiger partial charge is 0.469 e. The first kappa shape index (κ1) is 11.7. The fraction of sp³-hybridized carbons (Fsp3) is 0.417.